The Labute approximate surface area is 120 Å². The van der Waals surface area contributed by atoms with E-state index < -0.39 is 17.0 Å². The van der Waals surface area contributed by atoms with Crippen LogP contribution in [0.25, 0.3) is 0 Å². The van der Waals surface area contributed by atoms with Crippen molar-refractivity contribution in [3.8, 4) is 0 Å². The van der Waals surface area contributed by atoms with E-state index in [4.69, 9.17) is 0 Å². The summed E-state index contributed by atoms with van der Waals surface area (Å²) in [7, 11) is 0. The quantitative estimate of drug-likeness (QED) is 0.868. The van der Waals surface area contributed by atoms with Crippen LogP contribution in [-0.4, -0.2) is 21.8 Å². The van der Waals surface area contributed by atoms with Crippen LogP contribution >= 0.6 is 0 Å². The van der Waals surface area contributed by atoms with Gasteiger partial charge in [0.2, 0.25) is 0 Å². The molecular formula is C17H24O3. The van der Waals surface area contributed by atoms with Gasteiger partial charge in [0, 0.05) is 0 Å². The van der Waals surface area contributed by atoms with Gasteiger partial charge in [-0.25, -0.2) is 0 Å². The zero-order valence-corrected chi connectivity index (χ0v) is 12.4. The summed E-state index contributed by atoms with van der Waals surface area (Å²) in [5.74, 6) is -0.771. The fourth-order valence-corrected chi connectivity index (χ4v) is 3.34. The smallest absolute Gasteiger partial charge is 0.310 e. The SMILES string of the molecule is CCC(O)(CC)CC1(C(=O)O)CCc2ccccc2C1. The molecule has 1 atom stereocenters. The fourth-order valence-electron chi connectivity index (χ4n) is 3.34. The average Bonchev–Trinajstić information content (AvgIpc) is 2.46. The second-order valence-corrected chi connectivity index (χ2v) is 6.14. The Bertz CT molecular complexity index is 491. The lowest BCUT2D eigenvalue weighted by molar-refractivity contribution is -0.155. The van der Waals surface area contributed by atoms with E-state index in [0.717, 1.165) is 12.0 Å². The number of carboxylic acids is 1. The number of benzene rings is 1. The number of carbonyl (C=O) groups is 1. The van der Waals surface area contributed by atoms with Gasteiger partial charge in [0.25, 0.3) is 0 Å². The molecule has 1 unspecified atom stereocenters. The number of aliphatic carboxylic acids is 1. The molecule has 3 nitrogen and oxygen atoms in total. The van der Waals surface area contributed by atoms with Gasteiger partial charge in [0.1, 0.15) is 0 Å². The lowest BCUT2D eigenvalue weighted by atomic mass is 9.65. The van der Waals surface area contributed by atoms with Crippen molar-refractivity contribution in [3.63, 3.8) is 0 Å². The minimum atomic E-state index is -0.870. The van der Waals surface area contributed by atoms with E-state index in [0.29, 0.717) is 32.1 Å². The number of aryl methyl sites for hydroxylation is 1. The summed E-state index contributed by atoms with van der Waals surface area (Å²) >= 11 is 0. The summed E-state index contributed by atoms with van der Waals surface area (Å²) in [6.45, 7) is 3.85. The summed E-state index contributed by atoms with van der Waals surface area (Å²) in [5.41, 5.74) is 0.677. The van der Waals surface area contributed by atoms with Gasteiger partial charge < -0.3 is 10.2 Å². The minimum Gasteiger partial charge on any atom is -0.481 e. The summed E-state index contributed by atoms with van der Waals surface area (Å²) < 4.78 is 0. The van der Waals surface area contributed by atoms with E-state index in [9.17, 15) is 15.0 Å². The van der Waals surface area contributed by atoms with E-state index in [2.05, 4.69) is 6.07 Å². The number of carboxylic acid groups (broad SMARTS) is 1. The predicted octanol–water partition coefficient (Wildman–Crippen LogP) is 3.19. The standard InChI is InChI=1S/C17H24O3/c1-3-17(20,4-2)12-16(15(18)19)10-9-13-7-5-6-8-14(13)11-16/h5-8,20H,3-4,9-12H2,1-2H3,(H,18,19). The number of hydrogen-bond acceptors (Lipinski definition) is 2. The maximum absolute atomic E-state index is 11.9. The Hall–Kier alpha value is -1.35. The highest BCUT2D eigenvalue weighted by atomic mass is 16.4. The van der Waals surface area contributed by atoms with E-state index >= 15 is 0 Å². The van der Waals surface area contributed by atoms with Crippen LogP contribution < -0.4 is 0 Å². The summed E-state index contributed by atoms with van der Waals surface area (Å²) in [5, 5.41) is 20.3. The molecule has 110 valence electrons. The number of hydrogen-bond donors (Lipinski definition) is 2. The molecule has 2 rings (SSSR count). The van der Waals surface area contributed by atoms with Gasteiger partial charge in [0.05, 0.1) is 11.0 Å². The third-order valence-electron chi connectivity index (χ3n) is 4.96. The van der Waals surface area contributed by atoms with Gasteiger partial charge >= 0.3 is 5.97 Å². The largest absolute Gasteiger partial charge is 0.481 e. The molecule has 0 bridgehead atoms. The third kappa shape index (κ3) is 2.73. The van der Waals surface area contributed by atoms with E-state index in [1.54, 1.807) is 0 Å². The van der Waals surface area contributed by atoms with Crippen LogP contribution in [-0.2, 0) is 17.6 Å². The van der Waals surface area contributed by atoms with Crippen LogP contribution in [0.5, 0.6) is 0 Å². The van der Waals surface area contributed by atoms with Gasteiger partial charge in [0.15, 0.2) is 0 Å². The maximum atomic E-state index is 11.9. The van der Waals surface area contributed by atoms with Crippen LogP contribution in [0.15, 0.2) is 24.3 Å². The molecule has 0 fully saturated rings. The van der Waals surface area contributed by atoms with Crippen LogP contribution in [0.1, 0.15) is 50.7 Å². The molecular weight excluding hydrogens is 252 g/mol. The van der Waals surface area contributed by atoms with Crippen molar-refractivity contribution in [3.05, 3.63) is 35.4 Å². The van der Waals surface area contributed by atoms with Gasteiger partial charge in [-0.15, -0.1) is 0 Å². The van der Waals surface area contributed by atoms with Crippen molar-refractivity contribution in [1.82, 2.24) is 0 Å². The second kappa shape index (κ2) is 5.57. The molecule has 1 aromatic carbocycles. The van der Waals surface area contributed by atoms with Crippen LogP contribution in [0.3, 0.4) is 0 Å². The third-order valence-corrected chi connectivity index (χ3v) is 4.96. The highest BCUT2D eigenvalue weighted by Crippen LogP contribution is 2.43. The van der Waals surface area contributed by atoms with Crippen molar-refractivity contribution in [1.29, 1.82) is 0 Å². The molecule has 3 heteroatoms. The number of aliphatic hydroxyl groups is 1. The Morgan fingerprint density at radius 3 is 2.40 bits per heavy atom. The molecule has 20 heavy (non-hydrogen) atoms. The summed E-state index contributed by atoms with van der Waals surface area (Å²) in [6, 6.07) is 8.06. The molecule has 0 amide bonds. The van der Waals surface area contributed by atoms with Crippen molar-refractivity contribution in [2.45, 2.75) is 58.0 Å². The maximum Gasteiger partial charge on any atom is 0.310 e. The Morgan fingerprint density at radius 2 is 1.85 bits per heavy atom. The molecule has 0 aromatic heterocycles. The zero-order chi connectivity index (χ0) is 14.8. The fraction of sp³-hybridized carbons (Fsp3) is 0.588. The predicted molar refractivity (Wildman–Crippen MR) is 78.7 cm³/mol. The second-order valence-electron chi connectivity index (χ2n) is 6.14. The molecule has 0 spiro atoms. The van der Waals surface area contributed by atoms with Crippen molar-refractivity contribution in [2.75, 3.05) is 0 Å². The Kier molecular flexibility index (Phi) is 4.19. The summed E-state index contributed by atoms with van der Waals surface area (Å²) in [4.78, 5) is 11.9. The first kappa shape index (κ1) is 15.0. The normalized spacial score (nSPS) is 22.4. The van der Waals surface area contributed by atoms with Crippen molar-refractivity contribution in [2.24, 2.45) is 5.41 Å². The highest BCUT2D eigenvalue weighted by Gasteiger charge is 2.46. The Balaban J connectivity index is 2.32. The van der Waals surface area contributed by atoms with Crippen LogP contribution in [0, 0.1) is 5.41 Å². The van der Waals surface area contributed by atoms with Crippen LogP contribution in [0.4, 0.5) is 0 Å². The van der Waals surface area contributed by atoms with E-state index in [-0.39, 0.29) is 0 Å². The molecule has 0 saturated carbocycles. The Morgan fingerprint density at radius 1 is 1.25 bits per heavy atom. The average molecular weight is 276 g/mol. The number of fused-ring (bicyclic) bond motifs is 1. The molecule has 0 radical (unpaired) electrons. The first-order chi connectivity index (χ1) is 9.45. The molecule has 0 heterocycles. The highest BCUT2D eigenvalue weighted by molar-refractivity contribution is 5.76. The van der Waals surface area contributed by atoms with Gasteiger partial charge in [-0.3, -0.25) is 4.79 Å². The van der Waals surface area contributed by atoms with Gasteiger partial charge in [-0.05, 0) is 49.7 Å². The minimum absolute atomic E-state index is 0.344. The first-order valence-electron chi connectivity index (χ1n) is 7.47. The van der Waals surface area contributed by atoms with Crippen molar-refractivity contribution < 1.29 is 15.0 Å². The number of rotatable bonds is 5. The lowest BCUT2D eigenvalue weighted by Gasteiger charge is -2.40. The molecule has 0 aliphatic heterocycles. The molecule has 1 aromatic rings. The molecule has 1 aliphatic carbocycles. The molecule has 0 saturated heterocycles. The summed E-state index contributed by atoms with van der Waals surface area (Å²) in [6.07, 6.45) is 3.46. The van der Waals surface area contributed by atoms with E-state index in [1.807, 2.05) is 32.0 Å². The first-order valence-corrected chi connectivity index (χ1v) is 7.47. The molecule has 2 N–H and O–H groups in total. The lowest BCUT2D eigenvalue weighted by Crippen LogP contribution is -2.44. The zero-order valence-electron chi connectivity index (χ0n) is 12.4. The van der Waals surface area contributed by atoms with Crippen molar-refractivity contribution >= 4 is 5.97 Å². The van der Waals surface area contributed by atoms with Gasteiger partial charge in [-0.1, -0.05) is 38.1 Å². The molecule has 1 aliphatic rings. The van der Waals surface area contributed by atoms with E-state index in [1.165, 1.54) is 5.56 Å². The van der Waals surface area contributed by atoms with Gasteiger partial charge in [-0.2, -0.15) is 0 Å². The van der Waals surface area contributed by atoms with Crippen LogP contribution in [0.2, 0.25) is 0 Å². The monoisotopic (exact) mass is 276 g/mol. The topological polar surface area (TPSA) is 57.5 Å².